The molecule has 1 unspecified atom stereocenters. The molecule has 2 heteroatoms. The molecule has 15 heavy (non-hydrogen) atoms. The molecule has 0 aromatic carbocycles. The molecule has 0 spiro atoms. The summed E-state index contributed by atoms with van der Waals surface area (Å²) in [6, 6.07) is 0. The van der Waals surface area contributed by atoms with Crippen LogP contribution in [-0.2, 0) is 4.74 Å². The van der Waals surface area contributed by atoms with Crippen molar-refractivity contribution in [1.82, 2.24) is 5.32 Å². The first-order valence-corrected chi connectivity index (χ1v) is 6.34. The Balaban J connectivity index is 1.95. The van der Waals surface area contributed by atoms with E-state index in [1.54, 1.807) is 0 Å². The minimum atomic E-state index is 0.200. The number of rotatable bonds is 6. The van der Waals surface area contributed by atoms with E-state index in [0.29, 0.717) is 6.10 Å². The molecule has 1 saturated carbocycles. The monoisotopic (exact) mass is 213 g/mol. The molecule has 0 aliphatic heterocycles. The van der Waals surface area contributed by atoms with E-state index in [1.165, 1.54) is 25.7 Å². The fourth-order valence-corrected chi connectivity index (χ4v) is 1.73. The minimum absolute atomic E-state index is 0.200. The average Bonchev–Trinajstić information content (AvgIpc) is 2.04. The second-order valence-electron chi connectivity index (χ2n) is 5.90. The summed E-state index contributed by atoms with van der Waals surface area (Å²) in [6.07, 6.45) is 5.89. The summed E-state index contributed by atoms with van der Waals surface area (Å²) in [7, 11) is 0. The normalized spacial score (nSPS) is 20.0. The van der Waals surface area contributed by atoms with Gasteiger partial charge in [-0.1, -0.05) is 19.3 Å². The molecule has 1 fully saturated rings. The SMILES string of the molecule is CC(CNC(C)(C)C)OCCC1CCC1. The summed E-state index contributed by atoms with van der Waals surface area (Å²) in [5.74, 6) is 0.966. The van der Waals surface area contributed by atoms with Crippen LogP contribution in [0.15, 0.2) is 0 Å². The van der Waals surface area contributed by atoms with Crippen LogP contribution in [0.1, 0.15) is 53.4 Å². The third kappa shape index (κ3) is 6.16. The lowest BCUT2D eigenvalue weighted by molar-refractivity contribution is 0.0457. The van der Waals surface area contributed by atoms with Gasteiger partial charge in [-0.25, -0.2) is 0 Å². The summed E-state index contributed by atoms with van der Waals surface area (Å²) in [5, 5.41) is 3.46. The molecule has 0 amide bonds. The molecule has 1 aliphatic rings. The Kier molecular flexibility index (Phi) is 5.07. The summed E-state index contributed by atoms with van der Waals surface area (Å²) >= 11 is 0. The highest BCUT2D eigenvalue weighted by Crippen LogP contribution is 2.29. The number of nitrogens with one attached hydrogen (secondary N) is 1. The van der Waals surface area contributed by atoms with Crippen LogP contribution in [-0.4, -0.2) is 24.8 Å². The van der Waals surface area contributed by atoms with Crippen LogP contribution < -0.4 is 5.32 Å². The van der Waals surface area contributed by atoms with E-state index in [-0.39, 0.29) is 5.54 Å². The third-order valence-electron chi connectivity index (χ3n) is 3.07. The van der Waals surface area contributed by atoms with Gasteiger partial charge in [0.25, 0.3) is 0 Å². The predicted octanol–water partition coefficient (Wildman–Crippen LogP) is 2.97. The maximum absolute atomic E-state index is 5.78. The van der Waals surface area contributed by atoms with Crippen molar-refractivity contribution in [1.29, 1.82) is 0 Å². The molecular formula is C13H27NO. The van der Waals surface area contributed by atoms with Crippen LogP contribution in [0.4, 0.5) is 0 Å². The molecular weight excluding hydrogens is 186 g/mol. The van der Waals surface area contributed by atoms with E-state index in [0.717, 1.165) is 19.1 Å². The van der Waals surface area contributed by atoms with Crippen molar-refractivity contribution in [2.24, 2.45) is 5.92 Å². The standard InChI is InChI=1S/C13H27NO/c1-11(10-14-13(2,3)4)15-9-8-12-6-5-7-12/h11-12,14H,5-10H2,1-4H3. The Morgan fingerprint density at radius 1 is 1.33 bits per heavy atom. The van der Waals surface area contributed by atoms with E-state index in [2.05, 4.69) is 33.0 Å². The summed E-state index contributed by atoms with van der Waals surface area (Å²) < 4.78 is 5.78. The van der Waals surface area contributed by atoms with Crippen LogP contribution in [0.25, 0.3) is 0 Å². The molecule has 0 radical (unpaired) electrons. The lowest BCUT2D eigenvalue weighted by Crippen LogP contribution is -2.40. The first-order valence-electron chi connectivity index (χ1n) is 6.34. The summed E-state index contributed by atoms with van der Waals surface area (Å²) in [4.78, 5) is 0. The van der Waals surface area contributed by atoms with Crippen molar-refractivity contribution >= 4 is 0 Å². The molecule has 1 atom stereocenters. The van der Waals surface area contributed by atoms with Gasteiger partial charge in [0.1, 0.15) is 0 Å². The molecule has 0 heterocycles. The fourth-order valence-electron chi connectivity index (χ4n) is 1.73. The maximum atomic E-state index is 5.78. The van der Waals surface area contributed by atoms with Gasteiger partial charge in [0, 0.05) is 18.7 Å². The summed E-state index contributed by atoms with van der Waals surface area (Å²) in [5.41, 5.74) is 0.200. The Hall–Kier alpha value is -0.0800. The zero-order valence-corrected chi connectivity index (χ0v) is 10.8. The van der Waals surface area contributed by atoms with Crippen LogP contribution in [0, 0.1) is 5.92 Å². The quantitative estimate of drug-likeness (QED) is 0.732. The van der Waals surface area contributed by atoms with Gasteiger partial charge in [-0.15, -0.1) is 0 Å². The molecule has 0 bridgehead atoms. The van der Waals surface area contributed by atoms with Crippen LogP contribution in [0.2, 0.25) is 0 Å². The molecule has 1 N–H and O–H groups in total. The van der Waals surface area contributed by atoms with Gasteiger partial charge in [-0.2, -0.15) is 0 Å². The van der Waals surface area contributed by atoms with Crippen molar-refractivity contribution in [2.45, 2.75) is 65.0 Å². The van der Waals surface area contributed by atoms with Gasteiger partial charge in [-0.3, -0.25) is 0 Å². The van der Waals surface area contributed by atoms with Gasteiger partial charge in [0.2, 0.25) is 0 Å². The molecule has 0 aromatic rings. The number of ether oxygens (including phenoxy) is 1. The molecule has 0 aromatic heterocycles. The van der Waals surface area contributed by atoms with Crippen molar-refractivity contribution in [2.75, 3.05) is 13.2 Å². The smallest absolute Gasteiger partial charge is 0.0671 e. The first kappa shape index (κ1) is 13.0. The van der Waals surface area contributed by atoms with E-state index in [4.69, 9.17) is 4.74 Å². The first-order chi connectivity index (χ1) is 6.97. The molecule has 1 aliphatic carbocycles. The number of hydrogen-bond donors (Lipinski definition) is 1. The second kappa shape index (κ2) is 5.86. The predicted molar refractivity (Wildman–Crippen MR) is 65.1 cm³/mol. The molecule has 2 nitrogen and oxygen atoms in total. The fraction of sp³-hybridized carbons (Fsp3) is 1.00. The topological polar surface area (TPSA) is 21.3 Å². The van der Waals surface area contributed by atoms with Crippen molar-refractivity contribution in [3.63, 3.8) is 0 Å². The van der Waals surface area contributed by atoms with Crippen molar-refractivity contribution in [3.05, 3.63) is 0 Å². The van der Waals surface area contributed by atoms with E-state index in [1.807, 2.05) is 0 Å². The van der Waals surface area contributed by atoms with E-state index in [9.17, 15) is 0 Å². The van der Waals surface area contributed by atoms with Crippen LogP contribution >= 0.6 is 0 Å². The highest BCUT2D eigenvalue weighted by molar-refractivity contribution is 4.72. The van der Waals surface area contributed by atoms with Gasteiger partial charge < -0.3 is 10.1 Å². The average molecular weight is 213 g/mol. The van der Waals surface area contributed by atoms with Crippen LogP contribution in [0.5, 0.6) is 0 Å². The zero-order chi connectivity index (χ0) is 11.3. The van der Waals surface area contributed by atoms with E-state index < -0.39 is 0 Å². The summed E-state index contributed by atoms with van der Waals surface area (Å²) in [6.45, 7) is 10.6. The van der Waals surface area contributed by atoms with Crippen molar-refractivity contribution in [3.8, 4) is 0 Å². The Morgan fingerprint density at radius 3 is 2.47 bits per heavy atom. The minimum Gasteiger partial charge on any atom is -0.377 e. The van der Waals surface area contributed by atoms with E-state index >= 15 is 0 Å². The largest absolute Gasteiger partial charge is 0.377 e. The van der Waals surface area contributed by atoms with Gasteiger partial charge in [0.05, 0.1) is 6.10 Å². The van der Waals surface area contributed by atoms with Gasteiger partial charge >= 0.3 is 0 Å². The molecule has 1 rings (SSSR count). The maximum Gasteiger partial charge on any atom is 0.0671 e. The molecule has 90 valence electrons. The Labute approximate surface area is 94.8 Å². The highest BCUT2D eigenvalue weighted by Gasteiger charge is 2.17. The second-order valence-corrected chi connectivity index (χ2v) is 5.90. The lowest BCUT2D eigenvalue weighted by atomic mass is 9.83. The highest BCUT2D eigenvalue weighted by atomic mass is 16.5. The molecule has 0 saturated heterocycles. The van der Waals surface area contributed by atoms with Gasteiger partial charge in [0.15, 0.2) is 0 Å². The van der Waals surface area contributed by atoms with Gasteiger partial charge in [-0.05, 0) is 40.0 Å². The zero-order valence-electron chi connectivity index (χ0n) is 10.8. The Bertz CT molecular complexity index is 170. The number of hydrogen-bond acceptors (Lipinski definition) is 2. The lowest BCUT2D eigenvalue weighted by Gasteiger charge is -2.27. The van der Waals surface area contributed by atoms with Crippen molar-refractivity contribution < 1.29 is 4.74 Å². The Morgan fingerprint density at radius 2 is 2.00 bits per heavy atom. The third-order valence-corrected chi connectivity index (χ3v) is 3.07. The van der Waals surface area contributed by atoms with Crippen LogP contribution in [0.3, 0.4) is 0 Å².